The minimum absolute atomic E-state index is 0.249. The number of phenolic OH excluding ortho intramolecular Hbond substituents is 2. The number of phenols is 2. The molecule has 3 rings (SSSR count). The molecule has 0 aliphatic heterocycles. The van der Waals surface area contributed by atoms with E-state index >= 15 is 0 Å². The fourth-order valence-corrected chi connectivity index (χ4v) is 2.55. The van der Waals surface area contributed by atoms with E-state index in [2.05, 4.69) is 6.07 Å². The maximum Gasteiger partial charge on any atom is 0.115 e. The van der Waals surface area contributed by atoms with Crippen LogP contribution < -0.4 is 0 Å². The van der Waals surface area contributed by atoms with Crippen molar-refractivity contribution in [2.24, 2.45) is 0 Å². The van der Waals surface area contributed by atoms with Crippen molar-refractivity contribution in [2.75, 3.05) is 0 Å². The topological polar surface area (TPSA) is 53.4 Å². The van der Waals surface area contributed by atoms with Crippen LogP contribution in [-0.2, 0) is 0 Å². The van der Waals surface area contributed by atoms with E-state index in [9.17, 15) is 10.2 Å². The van der Waals surface area contributed by atoms with Crippen LogP contribution in [0.5, 0.6) is 11.5 Å². The van der Waals surface area contributed by atoms with E-state index in [-0.39, 0.29) is 11.5 Å². The van der Waals surface area contributed by atoms with Crippen molar-refractivity contribution in [1.82, 2.24) is 4.98 Å². The molecule has 0 spiro atoms. The predicted octanol–water partition coefficient (Wildman–Crippen LogP) is 4.44. The van der Waals surface area contributed by atoms with Gasteiger partial charge in [0, 0.05) is 16.8 Å². The van der Waals surface area contributed by atoms with Gasteiger partial charge in [0.05, 0.1) is 5.69 Å². The van der Waals surface area contributed by atoms with Crippen LogP contribution in [0.15, 0.2) is 54.6 Å². The summed E-state index contributed by atoms with van der Waals surface area (Å²) in [5.74, 6) is 0.505. The van der Waals surface area contributed by atoms with E-state index in [4.69, 9.17) is 4.98 Å². The maximum absolute atomic E-state index is 9.41. The molecule has 1 aromatic heterocycles. The lowest BCUT2D eigenvalue weighted by Gasteiger charge is -2.12. The summed E-state index contributed by atoms with van der Waals surface area (Å²) in [6.07, 6.45) is 0. The van der Waals surface area contributed by atoms with Gasteiger partial charge in [0.1, 0.15) is 11.5 Å². The van der Waals surface area contributed by atoms with E-state index in [0.29, 0.717) is 0 Å². The first-order valence-corrected chi connectivity index (χ1v) is 7.11. The second-order valence-corrected chi connectivity index (χ2v) is 5.38. The lowest BCUT2D eigenvalue weighted by Crippen LogP contribution is -1.95. The van der Waals surface area contributed by atoms with Crippen molar-refractivity contribution < 1.29 is 10.2 Å². The Morgan fingerprint density at radius 1 is 0.727 bits per heavy atom. The molecule has 0 unspecified atom stereocenters. The molecule has 3 heteroatoms. The molecular formula is C19H17NO2. The van der Waals surface area contributed by atoms with Crippen LogP contribution in [0.2, 0.25) is 0 Å². The van der Waals surface area contributed by atoms with Crippen LogP contribution in [0.3, 0.4) is 0 Å². The van der Waals surface area contributed by atoms with Crippen molar-refractivity contribution in [3.8, 4) is 33.9 Å². The Morgan fingerprint density at radius 2 is 1.23 bits per heavy atom. The zero-order valence-electron chi connectivity index (χ0n) is 12.5. The highest BCUT2D eigenvalue weighted by atomic mass is 16.3. The van der Waals surface area contributed by atoms with Gasteiger partial charge in [0.25, 0.3) is 0 Å². The lowest BCUT2D eigenvalue weighted by atomic mass is 9.99. The smallest absolute Gasteiger partial charge is 0.115 e. The Balaban J connectivity index is 2.08. The number of aryl methyl sites for hydroxylation is 2. The third-order valence-electron chi connectivity index (χ3n) is 3.72. The molecule has 0 atom stereocenters. The summed E-state index contributed by atoms with van der Waals surface area (Å²) in [4.78, 5) is 4.73. The lowest BCUT2D eigenvalue weighted by molar-refractivity contribution is 0.475. The summed E-state index contributed by atoms with van der Waals surface area (Å²) >= 11 is 0. The third-order valence-corrected chi connectivity index (χ3v) is 3.72. The highest BCUT2D eigenvalue weighted by molar-refractivity contribution is 5.72. The molecule has 0 radical (unpaired) electrons. The van der Waals surface area contributed by atoms with Gasteiger partial charge in [-0.3, -0.25) is 4.98 Å². The highest BCUT2D eigenvalue weighted by Crippen LogP contribution is 2.30. The summed E-state index contributed by atoms with van der Waals surface area (Å²) in [6.45, 7) is 4.00. The normalized spacial score (nSPS) is 10.6. The summed E-state index contributed by atoms with van der Waals surface area (Å²) in [5.41, 5.74) is 5.98. The molecule has 110 valence electrons. The number of hydrogen-bond donors (Lipinski definition) is 2. The summed E-state index contributed by atoms with van der Waals surface area (Å²) in [7, 11) is 0. The number of aromatic nitrogens is 1. The largest absolute Gasteiger partial charge is 0.508 e. The molecule has 0 saturated carbocycles. The van der Waals surface area contributed by atoms with Crippen molar-refractivity contribution in [3.05, 3.63) is 65.9 Å². The monoisotopic (exact) mass is 291 g/mol. The molecule has 1 heterocycles. The van der Waals surface area contributed by atoms with Gasteiger partial charge in [-0.2, -0.15) is 0 Å². The van der Waals surface area contributed by atoms with Gasteiger partial charge < -0.3 is 10.2 Å². The molecule has 0 saturated heterocycles. The SMILES string of the molecule is Cc1cc(-c2ccc(O)cc2)c(C)nc1-c1ccc(O)cc1. The quantitative estimate of drug-likeness (QED) is 0.733. The van der Waals surface area contributed by atoms with Gasteiger partial charge in [0.2, 0.25) is 0 Å². The molecular weight excluding hydrogens is 274 g/mol. The van der Waals surface area contributed by atoms with Gasteiger partial charge in [-0.05, 0) is 67.4 Å². The number of rotatable bonds is 2. The number of benzene rings is 2. The first kappa shape index (κ1) is 14.1. The van der Waals surface area contributed by atoms with Crippen LogP contribution in [0.25, 0.3) is 22.4 Å². The van der Waals surface area contributed by atoms with E-state index in [0.717, 1.165) is 33.6 Å². The molecule has 2 N–H and O–H groups in total. The number of nitrogens with zero attached hydrogens (tertiary/aromatic N) is 1. The van der Waals surface area contributed by atoms with Crippen LogP contribution >= 0.6 is 0 Å². The number of pyridine rings is 1. The van der Waals surface area contributed by atoms with E-state index in [1.54, 1.807) is 24.3 Å². The maximum atomic E-state index is 9.41. The van der Waals surface area contributed by atoms with Crippen molar-refractivity contribution in [2.45, 2.75) is 13.8 Å². The molecule has 0 amide bonds. The number of aromatic hydroxyl groups is 2. The van der Waals surface area contributed by atoms with Gasteiger partial charge >= 0.3 is 0 Å². The molecule has 22 heavy (non-hydrogen) atoms. The molecule has 0 fully saturated rings. The molecule has 3 aromatic rings. The summed E-state index contributed by atoms with van der Waals surface area (Å²) < 4.78 is 0. The van der Waals surface area contributed by atoms with Crippen molar-refractivity contribution >= 4 is 0 Å². The van der Waals surface area contributed by atoms with Crippen LogP contribution in [0, 0.1) is 13.8 Å². The third kappa shape index (κ3) is 2.66. The van der Waals surface area contributed by atoms with Crippen LogP contribution in [-0.4, -0.2) is 15.2 Å². The average Bonchev–Trinajstić information content (AvgIpc) is 2.51. The van der Waals surface area contributed by atoms with Crippen molar-refractivity contribution in [3.63, 3.8) is 0 Å². The Bertz CT molecular complexity index is 735. The van der Waals surface area contributed by atoms with E-state index < -0.39 is 0 Å². The van der Waals surface area contributed by atoms with E-state index in [1.165, 1.54) is 0 Å². The second-order valence-electron chi connectivity index (χ2n) is 5.38. The predicted molar refractivity (Wildman–Crippen MR) is 87.9 cm³/mol. The molecule has 3 nitrogen and oxygen atoms in total. The fourth-order valence-electron chi connectivity index (χ4n) is 2.55. The minimum atomic E-state index is 0.249. The average molecular weight is 291 g/mol. The number of hydrogen-bond acceptors (Lipinski definition) is 3. The van der Waals surface area contributed by atoms with Gasteiger partial charge in [-0.25, -0.2) is 0 Å². The Morgan fingerprint density at radius 3 is 1.77 bits per heavy atom. The van der Waals surface area contributed by atoms with Gasteiger partial charge in [-0.15, -0.1) is 0 Å². The standard InChI is InChI=1S/C19H17NO2/c1-12-11-18(14-3-7-16(21)8-4-14)13(2)20-19(12)15-5-9-17(22)10-6-15/h3-11,21-22H,1-2H3. The molecule has 2 aromatic carbocycles. The van der Waals surface area contributed by atoms with Gasteiger partial charge in [0.15, 0.2) is 0 Å². The zero-order valence-corrected chi connectivity index (χ0v) is 12.5. The fraction of sp³-hybridized carbons (Fsp3) is 0.105. The minimum Gasteiger partial charge on any atom is -0.508 e. The van der Waals surface area contributed by atoms with Gasteiger partial charge in [-0.1, -0.05) is 12.1 Å². The molecule has 0 bridgehead atoms. The van der Waals surface area contributed by atoms with Crippen molar-refractivity contribution in [1.29, 1.82) is 0 Å². The van der Waals surface area contributed by atoms with Crippen LogP contribution in [0.4, 0.5) is 0 Å². The summed E-state index contributed by atoms with van der Waals surface area (Å²) in [6, 6.07) is 16.3. The Kier molecular flexibility index (Phi) is 3.55. The molecule has 0 aliphatic carbocycles. The first-order chi connectivity index (χ1) is 10.5. The highest BCUT2D eigenvalue weighted by Gasteiger charge is 2.10. The van der Waals surface area contributed by atoms with E-state index in [1.807, 2.05) is 38.1 Å². The Labute approximate surface area is 129 Å². The second kappa shape index (κ2) is 5.53. The summed E-state index contributed by atoms with van der Waals surface area (Å²) in [5, 5.41) is 18.8. The first-order valence-electron chi connectivity index (χ1n) is 7.11. The van der Waals surface area contributed by atoms with Crippen LogP contribution in [0.1, 0.15) is 11.3 Å². The molecule has 0 aliphatic rings. The zero-order chi connectivity index (χ0) is 15.7. The Hall–Kier alpha value is -2.81.